The summed E-state index contributed by atoms with van der Waals surface area (Å²) in [6, 6.07) is -9.23. The lowest BCUT2D eigenvalue weighted by molar-refractivity contribution is -0.146. The summed E-state index contributed by atoms with van der Waals surface area (Å²) in [5.41, 5.74) is 48.5. The minimum atomic E-state index is -1.73. The summed E-state index contributed by atoms with van der Waals surface area (Å²) >= 11 is 3.77. The third-order valence-corrected chi connectivity index (χ3v) is 17.0. The van der Waals surface area contributed by atoms with Crippen LogP contribution in [0.1, 0.15) is 124 Å². The number of carbonyl (C=O) groups excluding carboxylic acids is 21. The molecule has 0 aliphatic heterocycles. The number of carbonyl (C=O) groups is 23. The number of hydrogen-bond acceptors (Lipinski definition) is 25. The minimum Gasteiger partial charge on any atom is -0.480 e. The van der Waals surface area contributed by atoms with E-state index < -0.39 is 327 Å². The number of carboxylic acid groups (broad SMARTS) is 2. The van der Waals surface area contributed by atoms with Gasteiger partial charge in [-0.2, -0.15) is 0 Å². The molecular formula is C66H110N22O26S. The molecule has 0 bridgehead atoms. The van der Waals surface area contributed by atoms with Gasteiger partial charge in [0.15, 0.2) is 5.78 Å². The topological polar surface area (TPSA) is 782 Å². The van der Waals surface area contributed by atoms with Crippen molar-refractivity contribution in [3.05, 3.63) is 0 Å². The zero-order valence-electron chi connectivity index (χ0n) is 64.5. The number of carboxylic acids is 1. The van der Waals surface area contributed by atoms with Gasteiger partial charge in [0.25, 0.3) is 5.24 Å². The first-order valence-corrected chi connectivity index (χ1v) is 36.4. The second-order valence-electron chi connectivity index (χ2n) is 27.5. The number of aliphatic hydroxyl groups is 1. The van der Waals surface area contributed by atoms with E-state index in [1.807, 2.05) is 0 Å². The number of ketones is 1. The van der Waals surface area contributed by atoms with E-state index in [9.17, 15) is 126 Å². The molecule has 48 nitrogen and oxygen atoms in total. The lowest BCUT2D eigenvalue weighted by Crippen LogP contribution is -2.56. The van der Waals surface area contributed by atoms with Crippen LogP contribution in [-0.4, -0.2) is 326 Å². The van der Waals surface area contributed by atoms with Crippen LogP contribution in [-0.2, 0) is 101 Å². The molecule has 8 atom stereocenters. The number of hydrogen-bond donors (Lipinski definition) is 19. The van der Waals surface area contributed by atoms with Crippen molar-refractivity contribution in [2.45, 2.75) is 166 Å². The van der Waals surface area contributed by atoms with Crippen molar-refractivity contribution >= 4 is 148 Å². The quantitative estimate of drug-likeness (QED) is 0.0153. The number of aliphatic hydroxyl groups excluding tert-OH is 1. The molecular weight excluding hydrogens is 1550 g/mol. The van der Waals surface area contributed by atoms with E-state index in [1.54, 1.807) is 20.8 Å². The molecule has 0 aliphatic rings. The molecule has 646 valence electrons. The first-order chi connectivity index (χ1) is 53.6. The maximum absolute atomic E-state index is 14.1. The Morgan fingerprint density at radius 1 is 0.374 bits per heavy atom. The van der Waals surface area contributed by atoms with E-state index >= 15 is 0 Å². The van der Waals surface area contributed by atoms with Gasteiger partial charge in [-0.1, -0.05) is 40.3 Å². The Bertz CT molecular complexity index is 3480. The Balaban J connectivity index is 6.99. The van der Waals surface area contributed by atoms with Crippen LogP contribution in [0.3, 0.4) is 0 Å². The van der Waals surface area contributed by atoms with Crippen LogP contribution in [0.25, 0.3) is 0 Å². The van der Waals surface area contributed by atoms with Crippen molar-refractivity contribution in [1.82, 2.24) is 66.2 Å². The number of nitrogens with zero attached hydrogens (tertiary/aromatic N) is 7. The Kier molecular flexibility index (Phi) is 48.3. The highest BCUT2D eigenvalue weighted by molar-refractivity contribution is 7.96. The SMILES string of the molecule is CCC(C)C(=O)[C@@H](CN(CC(=O)N[C@@H](CCC(N)=O)CN(C=O)CC(=O)N[C@@H](CCC(N)=O)CN(CC(=O)N[C@@H](CCC(C)C)CN(CC(=O)N[C@@H](CO)CN(CC(=O)N[C@@H](CCC(N)=O)CN(CC(=O)O)C(=O)CC(N)=O)C(=O)S)C(=O)O)C(=O)CC(N)=O)C(=O)CC(N)=O)NC(=O)CN(C[C@@H](N)CCC(N)=O)C(=O)CC(N)=O. The van der Waals surface area contributed by atoms with Crippen molar-refractivity contribution in [3.8, 4) is 0 Å². The number of nitrogens with one attached hydrogen (secondary N) is 6. The predicted molar refractivity (Wildman–Crippen MR) is 401 cm³/mol. The number of rotatable bonds is 62. The fourth-order valence-corrected chi connectivity index (χ4v) is 11.1. The normalized spacial score (nSPS) is 12.9. The number of aliphatic carboxylic acids is 1. The molecule has 0 saturated heterocycles. The average Bonchev–Trinajstić information content (AvgIpc) is 0.845. The number of nitrogens with two attached hydrogens (primary N) is 9. The van der Waals surface area contributed by atoms with Gasteiger partial charge in [0, 0.05) is 108 Å². The summed E-state index contributed by atoms with van der Waals surface area (Å²) in [5, 5.41) is 43.7. The first kappa shape index (κ1) is 103. The monoisotopic (exact) mass is 1660 g/mol. The summed E-state index contributed by atoms with van der Waals surface area (Å²) in [5.74, 6) is -22.0. The minimum absolute atomic E-state index is 0.000521. The van der Waals surface area contributed by atoms with Gasteiger partial charge in [-0.05, 0) is 50.9 Å². The highest BCUT2D eigenvalue weighted by Crippen LogP contribution is 2.15. The first-order valence-electron chi connectivity index (χ1n) is 36.0. The molecule has 1 unspecified atom stereocenters. The Morgan fingerprint density at radius 2 is 0.687 bits per heavy atom. The van der Waals surface area contributed by atoms with E-state index in [0.29, 0.717) is 26.0 Å². The summed E-state index contributed by atoms with van der Waals surface area (Å²) < 4.78 is 0. The van der Waals surface area contributed by atoms with Gasteiger partial charge in [0.1, 0.15) is 51.4 Å². The molecule has 115 heavy (non-hydrogen) atoms. The van der Waals surface area contributed by atoms with Gasteiger partial charge in [-0.3, -0.25) is 110 Å². The van der Waals surface area contributed by atoms with Crippen LogP contribution in [0, 0.1) is 11.8 Å². The van der Waals surface area contributed by atoms with Crippen LogP contribution >= 0.6 is 12.6 Å². The second kappa shape index (κ2) is 53.9. The molecule has 0 aromatic heterocycles. The van der Waals surface area contributed by atoms with E-state index in [4.69, 9.17) is 51.6 Å². The summed E-state index contributed by atoms with van der Waals surface area (Å²) in [6.07, 6.45) is -7.81. The second-order valence-corrected chi connectivity index (χ2v) is 27.9. The van der Waals surface area contributed by atoms with Gasteiger partial charge in [-0.15, -0.1) is 0 Å². The zero-order chi connectivity index (χ0) is 88.1. The molecule has 0 aliphatic carbocycles. The van der Waals surface area contributed by atoms with Crippen LogP contribution < -0.4 is 83.5 Å². The van der Waals surface area contributed by atoms with Gasteiger partial charge in [0.05, 0.1) is 38.8 Å². The Morgan fingerprint density at radius 3 is 1.03 bits per heavy atom. The molecule has 27 N–H and O–H groups in total. The van der Waals surface area contributed by atoms with E-state index in [1.165, 1.54) is 6.92 Å². The van der Waals surface area contributed by atoms with Crippen LogP contribution in [0.15, 0.2) is 0 Å². The van der Waals surface area contributed by atoms with Crippen LogP contribution in [0.2, 0.25) is 0 Å². The highest BCUT2D eigenvalue weighted by Gasteiger charge is 2.35. The lowest BCUT2D eigenvalue weighted by atomic mass is 9.96. The molecule has 0 heterocycles. The van der Waals surface area contributed by atoms with Gasteiger partial charge >= 0.3 is 12.1 Å². The highest BCUT2D eigenvalue weighted by atomic mass is 32.1. The van der Waals surface area contributed by atoms with E-state index in [-0.39, 0.29) is 50.9 Å². The molecule has 0 rings (SSSR count). The predicted octanol–water partition coefficient (Wildman–Crippen LogP) is -11.0. The van der Waals surface area contributed by atoms with Gasteiger partial charge < -0.3 is 128 Å². The summed E-state index contributed by atoms with van der Waals surface area (Å²) in [7, 11) is 0. The van der Waals surface area contributed by atoms with Crippen molar-refractivity contribution < 1.29 is 126 Å². The van der Waals surface area contributed by atoms with Crippen LogP contribution in [0.5, 0.6) is 0 Å². The molecule has 0 spiro atoms. The zero-order valence-corrected chi connectivity index (χ0v) is 65.4. The average molecular weight is 1660 g/mol. The Labute approximate surface area is 665 Å². The smallest absolute Gasteiger partial charge is 0.407 e. The maximum atomic E-state index is 14.1. The number of Topliss-reactive ketones (excluding diaryl/α,β-unsaturated/α-hetero) is 1. The van der Waals surface area contributed by atoms with E-state index in [0.717, 1.165) is 14.7 Å². The molecule has 49 heteroatoms. The van der Waals surface area contributed by atoms with Crippen LogP contribution in [0.4, 0.5) is 9.59 Å². The fraction of sp³-hybridized carbons (Fsp3) is 0.652. The summed E-state index contributed by atoms with van der Waals surface area (Å²) in [4.78, 5) is 300. The van der Waals surface area contributed by atoms with Crippen molar-refractivity contribution in [1.29, 1.82) is 0 Å². The van der Waals surface area contributed by atoms with Gasteiger partial charge in [0.2, 0.25) is 113 Å². The maximum Gasteiger partial charge on any atom is 0.407 e. The molecule has 0 fully saturated rings. The molecule has 0 aromatic carbocycles. The number of thiol groups is 1. The lowest BCUT2D eigenvalue weighted by Gasteiger charge is -2.31. The van der Waals surface area contributed by atoms with Crippen molar-refractivity contribution in [2.24, 2.45) is 63.4 Å². The standard InChI is InChI=1S/C66H110N22O26S/c1-5-37(4)64(111)44(81-58(104)30-83(59(105)16-49(72)95)20-38(67)7-12-45(68)91)26-86(62(108)19-52(75)98)29-55(101)76-39(9-13-46(69)92)21-82(35-90)27-53(99)77-41(10-14-47(70)93)22-84(60(106)17-50(73)96)28-54(100)78-40(8-6-36(2)3)24-87(65(112)113)31-56(102)80-43(34-89)25-88(66(114)115)32-57(103)79-42(11-15-48(71)94)23-85(33-63(109)110)61(107)18-51(74)97/h35-44,89H,5-34,67H2,1-4H3,(H2,68,91)(H2,69,92)(H2,70,93)(H2,71,94)(H2,72,95)(H2,73,96)(H2,74,97)(H2,75,98)(H,76,101)(H,77,99)(H,78,100)(H,79,103)(H,80,102)(H,81,104)(H,109,110)(H,112,113)(H,114,115)/t37?,38-,39-,40-,41-,42-,43+,44+/m0/s1. The number of amides is 21. The number of primary amides is 8. The summed E-state index contributed by atoms with van der Waals surface area (Å²) in [6.45, 7) is -5.52. The molecule has 0 aromatic rings. The Hall–Kier alpha value is -11.9. The fourth-order valence-electron chi connectivity index (χ4n) is 10.9. The van der Waals surface area contributed by atoms with Gasteiger partial charge in [-0.25, -0.2) is 4.79 Å². The molecule has 0 saturated carbocycles. The molecule has 0 radical (unpaired) electrons. The third-order valence-electron chi connectivity index (χ3n) is 16.7. The van der Waals surface area contributed by atoms with E-state index in [2.05, 4.69) is 44.5 Å². The molecule has 21 amide bonds. The third kappa shape index (κ3) is 47.3. The van der Waals surface area contributed by atoms with Crippen molar-refractivity contribution in [2.75, 3.05) is 98.2 Å². The largest absolute Gasteiger partial charge is 0.480 e. The van der Waals surface area contributed by atoms with Crippen molar-refractivity contribution in [3.63, 3.8) is 0 Å².